The Hall–Kier alpha value is -1.37. The molecule has 18 heavy (non-hydrogen) atoms. The van der Waals surface area contributed by atoms with Gasteiger partial charge in [0.15, 0.2) is 0 Å². The van der Waals surface area contributed by atoms with Crippen LogP contribution >= 0.6 is 0 Å². The predicted octanol–water partition coefficient (Wildman–Crippen LogP) is 2.86. The van der Waals surface area contributed by atoms with Gasteiger partial charge >= 0.3 is 0 Å². The molecule has 1 rings (SSSR count). The van der Waals surface area contributed by atoms with Crippen molar-refractivity contribution < 1.29 is 4.74 Å². The molecule has 0 aromatic heterocycles. The summed E-state index contributed by atoms with van der Waals surface area (Å²) in [7, 11) is 1.70. The first kappa shape index (κ1) is 14.7. The zero-order valence-corrected chi connectivity index (χ0v) is 11.5. The van der Waals surface area contributed by atoms with Crippen molar-refractivity contribution in [1.82, 2.24) is 5.32 Å². The number of methoxy groups -OCH3 is 1. The van der Waals surface area contributed by atoms with Gasteiger partial charge in [0, 0.05) is 13.7 Å². The van der Waals surface area contributed by atoms with Crippen LogP contribution in [0.4, 0.5) is 0 Å². The van der Waals surface area contributed by atoms with Crippen molar-refractivity contribution >= 4 is 0 Å². The van der Waals surface area contributed by atoms with Crippen LogP contribution in [0.3, 0.4) is 0 Å². The van der Waals surface area contributed by atoms with Crippen LogP contribution in [0.25, 0.3) is 0 Å². The minimum atomic E-state index is -0.245. The van der Waals surface area contributed by atoms with Gasteiger partial charge in [-0.1, -0.05) is 24.3 Å². The average molecular weight is 246 g/mol. The molecule has 0 bridgehead atoms. The summed E-state index contributed by atoms with van der Waals surface area (Å²) in [6.45, 7) is 6.27. The summed E-state index contributed by atoms with van der Waals surface area (Å²) >= 11 is 0. The lowest BCUT2D eigenvalue weighted by Gasteiger charge is -2.15. The summed E-state index contributed by atoms with van der Waals surface area (Å²) in [5.74, 6) is 0. The Labute approximate surface area is 110 Å². The first-order valence-electron chi connectivity index (χ1n) is 6.26. The summed E-state index contributed by atoms with van der Waals surface area (Å²) in [4.78, 5) is 0. The zero-order chi connectivity index (χ0) is 13.4. The maximum atomic E-state index is 8.91. The Morgan fingerprint density at radius 3 is 2.72 bits per heavy atom. The minimum absolute atomic E-state index is 0.245. The SMILES string of the molecule is COCc1cccc(CNCCC(C)(C)C#N)c1. The van der Waals surface area contributed by atoms with E-state index in [1.165, 1.54) is 11.1 Å². The highest BCUT2D eigenvalue weighted by atomic mass is 16.5. The second-order valence-electron chi connectivity index (χ2n) is 5.18. The molecule has 1 aromatic rings. The zero-order valence-electron chi connectivity index (χ0n) is 11.5. The van der Waals surface area contributed by atoms with Crippen molar-refractivity contribution in [1.29, 1.82) is 5.26 Å². The first-order valence-corrected chi connectivity index (χ1v) is 6.26. The van der Waals surface area contributed by atoms with Crippen molar-refractivity contribution in [3.63, 3.8) is 0 Å². The van der Waals surface area contributed by atoms with Gasteiger partial charge in [-0.05, 0) is 37.9 Å². The molecule has 0 heterocycles. The van der Waals surface area contributed by atoms with Gasteiger partial charge in [-0.3, -0.25) is 0 Å². The number of hydrogen-bond donors (Lipinski definition) is 1. The van der Waals surface area contributed by atoms with Gasteiger partial charge < -0.3 is 10.1 Å². The van der Waals surface area contributed by atoms with Crippen molar-refractivity contribution in [3.8, 4) is 6.07 Å². The molecule has 0 aliphatic carbocycles. The van der Waals surface area contributed by atoms with Crippen LogP contribution in [0.2, 0.25) is 0 Å². The molecule has 0 radical (unpaired) electrons. The molecular formula is C15H22N2O. The number of nitrogens with zero attached hydrogens (tertiary/aromatic N) is 1. The Balaban J connectivity index is 2.36. The van der Waals surface area contributed by atoms with Gasteiger partial charge in [-0.15, -0.1) is 0 Å². The van der Waals surface area contributed by atoms with E-state index in [1.807, 2.05) is 19.9 Å². The minimum Gasteiger partial charge on any atom is -0.380 e. The van der Waals surface area contributed by atoms with E-state index in [0.29, 0.717) is 6.61 Å². The third-order valence-electron chi connectivity index (χ3n) is 2.86. The van der Waals surface area contributed by atoms with Crippen LogP contribution in [-0.2, 0) is 17.9 Å². The standard InChI is InChI=1S/C15H22N2O/c1-15(2,12-16)7-8-17-10-13-5-4-6-14(9-13)11-18-3/h4-6,9,17H,7-8,10-11H2,1-3H3. The van der Waals surface area contributed by atoms with Crippen LogP contribution in [-0.4, -0.2) is 13.7 Å². The first-order chi connectivity index (χ1) is 8.57. The topological polar surface area (TPSA) is 45.0 Å². The van der Waals surface area contributed by atoms with Gasteiger partial charge in [-0.2, -0.15) is 5.26 Å². The average Bonchev–Trinajstić information content (AvgIpc) is 2.36. The molecular weight excluding hydrogens is 224 g/mol. The van der Waals surface area contributed by atoms with E-state index in [2.05, 4.69) is 29.6 Å². The molecule has 0 saturated heterocycles. The molecule has 0 aliphatic rings. The van der Waals surface area contributed by atoms with E-state index in [1.54, 1.807) is 7.11 Å². The van der Waals surface area contributed by atoms with Crippen LogP contribution in [0.15, 0.2) is 24.3 Å². The number of benzene rings is 1. The Kier molecular flexibility index (Phi) is 5.84. The summed E-state index contributed by atoms with van der Waals surface area (Å²) in [5.41, 5.74) is 2.19. The van der Waals surface area contributed by atoms with E-state index in [4.69, 9.17) is 10.00 Å². The van der Waals surface area contributed by atoms with E-state index in [9.17, 15) is 0 Å². The molecule has 0 unspecified atom stereocenters. The van der Waals surface area contributed by atoms with E-state index in [-0.39, 0.29) is 5.41 Å². The molecule has 3 nitrogen and oxygen atoms in total. The van der Waals surface area contributed by atoms with Gasteiger partial charge in [0.05, 0.1) is 18.1 Å². The van der Waals surface area contributed by atoms with Gasteiger partial charge in [0.25, 0.3) is 0 Å². The number of hydrogen-bond acceptors (Lipinski definition) is 3. The normalized spacial score (nSPS) is 11.2. The monoisotopic (exact) mass is 246 g/mol. The fourth-order valence-corrected chi connectivity index (χ4v) is 1.69. The van der Waals surface area contributed by atoms with Crippen molar-refractivity contribution in [3.05, 3.63) is 35.4 Å². The Morgan fingerprint density at radius 2 is 2.06 bits per heavy atom. The van der Waals surface area contributed by atoms with Crippen LogP contribution < -0.4 is 5.32 Å². The number of nitriles is 1. The molecule has 0 saturated carbocycles. The molecule has 0 amide bonds. The summed E-state index contributed by atoms with van der Waals surface area (Å²) < 4.78 is 5.11. The molecule has 0 atom stereocenters. The van der Waals surface area contributed by atoms with Crippen molar-refractivity contribution in [2.45, 2.75) is 33.4 Å². The Morgan fingerprint density at radius 1 is 1.33 bits per heavy atom. The van der Waals surface area contributed by atoms with Crippen LogP contribution in [0.1, 0.15) is 31.4 Å². The highest BCUT2D eigenvalue weighted by Gasteiger charge is 2.15. The number of rotatable bonds is 7. The molecule has 98 valence electrons. The molecule has 0 spiro atoms. The maximum absolute atomic E-state index is 8.91. The highest BCUT2D eigenvalue weighted by molar-refractivity contribution is 5.22. The largest absolute Gasteiger partial charge is 0.380 e. The summed E-state index contributed by atoms with van der Waals surface area (Å²) in [5, 5.41) is 12.3. The lowest BCUT2D eigenvalue weighted by Crippen LogP contribution is -2.21. The third kappa shape index (κ3) is 5.31. The predicted molar refractivity (Wildman–Crippen MR) is 72.9 cm³/mol. The lowest BCUT2D eigenvalue weighted by molar-refractivity contribution is 0.185. The van der Waals surface area contributed by atoms with Crippen molar-refractivity contribution in [2.24, 2.45) is 5.41 Å². The van der Waals surface area contributed by atoms with Crippen LogP contribution in [0, 0.1) is 16.7 Å². The van der Waals surface area contributed by atoms with Gasteiger partial charge in [0.2, 0.25) is 0 Å². The van der Waals surface area contributed by atoms with Gasteiger partial charge in [0.1, 0.15) is 0 Å². The lowest BCUT2D eigenvalue weighted by atomic mass is 9.91. The second kappa shape index (κ2) is 7.15. The second-order valence-corrected chi connectivity index (χ2v) is 5.18. The molecule has 1 N–H and O–H groups in total. The van der Waals surface area contributed by atoms with Crippen molar-refractivity contribution in [2.75, 3.05) is 13.7 Å². The van der Waals surface area contributed by atoms with Gasteiger partial charge in [-0.25, -0.2) is 0 Å². The quantitative estimate of drug-likeness (QED) is 0.752. The van der Waals surface area contributed by atoms with Crippen LogP contribution in [0.5, 0.6) is 0 Å². The summed E-state index contributed by atoms with van der Waals surface area (Å²) in [6, 6.07) is 10.7. The fraction of sp³-hybridized carbons (Fsp3) is 0.533. The van der Waals surface area contributed by atoms with E-state index < -0.39 is 0 Å². The fourth-order valence-electron chi connectivity index (χ4n) is 1.69. The number of nitrogens with one attached hydrogen (secondary N) is 1. The van der Waals surface area contributed by atoms with E-state index in [0.717, 1.165) is 19.5 Å². The van der Waals surface area contributed by atoms with E-state index >= 15 is 0 Å². The maximum Gasteiger partial charge on any atom is 0.0713 e. The smallest absolute Gasteiger partial charge is 0.0713 e. The molecule has 1 aromatic carbocycles. The molecule has 3 heteroatoms. The number of ether oxygens (including phenoxy) is 1. The third-order valence-corrected chi connectivity index (χ3v) is 2.86. The summed E-state index contributed by atoms with van der Waals surface area (Å²) in [6.07, 6.45) is 0.862. The molecule has 0 fully saturated rings. The highest BCUT2D eigenvalue weighted by Crippen LogP contribution is 2.17. The molecule has 0 aliphatic heterocycles. The Bertz CT molecular complexity index is 407.